The van der Waals surface area contributed by atoms with Crippen LogP contribution in [0.5, 0.6) is 17.6 Å². The van der Waals surface area contributed by atoms with Crippen LogP contribution in [0.2, 0.25) is 0 Å². The van der Waals surface area contributed by atoms with Gasteiger partial charge in [0, 0.05) is 42.7 Å². The summed E-state index contributed by atoms with van der Waals surface area (Å²) in [5.41, 5.74) is -2.20. The van der Waals surface area contributed by atoms with E-state index in [4.69, 9.17) is 14.5 Å². The van der Waals surface area contributed by atoms with Crippen molar-refractivity contribution in [3.05, 3.63) is 41.5 Å². The van der Waals surface area contributed by atoms with Crippen molar-refractivity contribution in [2.75, 3.05) is 37.7 Å². The van der Waals surface area contributed by atoms with Gasteiger partial charge < -0.3 is 24.8 Å². The topological polar surface area (TPSA) is 95.9 Å². The first-order valence-electron chi connectivity index (χ1n) is 16.6. The minimum atomic E-state index is -4.78. The number of anilines is 1. The predicted molar refractivity (Wildman–Crippen MR) is 167 cm³/mol. The van der Waals surface area contributed by atoms with Crippen LogP contribution < -0.4 is 19.7 Å². The number of phenolic OH excluding ortho intramolecular Hbond substituents is 1. The van der Waals surface area contributed by atoms with Gasteiger partial charge in [-0.2, -0.15) is 23.1 Å². The lowest BCUT2D eigenvalue weighted by molar-refractivity contribution is -0.127. The number of fused-ring (bicyclic) bond motifs is 7. The summed E-state index contributed by atoms with van der Waals surface area (Å²) in [6, 6.07) is 4.24. The van der Waals surface area contributed by atoms with Crippen LogP contribution in [0.3, 0.4) is 0 Å². The number of hydrogen-bond donors (Lipinski definition) is 2. The second-order valence-electron chi connectivity index (χ2n) is 14.0. The number of nitrogens with zero attached hydrogens (tertiary/aromatic N) is 5. The van der Waals surface area contributed by atoms with Crippen molar-refractivity contribution in [2.24, 2.45) is 0 Å². The molecule has 4 fully saturated rings. The van der Waals surface area contributed by atoms with Crippen molar-refractivity contribution in [1.29, 1.82) is 0 Å². The van der Waals surface area contributed by atoms with Gasteiger partial charge in [0.05, 0.1) is 18.0 Å². The van der Waals surface area contributed by atoms with Gasteiger partial charge in [-0.3, -0.25) is 4.90 Å². The lowest BCUT2D eigenvalue weighted by atomic mass is 9.94. The Morgan fingerprint density at radius 2 is 1.94 bits per heavy atom. The molecule has 49 heavy (non-hydrogen) atoms. The van der Waals surface area contributed by atoms with E-state index >= 15 is 8.78 Å². The van der Waals surface area contributed by atoms with E-state index in [1.54, 1.807) is 0 Å². The highest BCUT2D eigenvalue weighted by Crippen LogP contribution is 2.46. The third-order valence-electron chi connectivity index (χ3n) is 10.9. The van der Waals surface area contributed by atoms with Gasteiger partial charge in [0.2, 0.25) is 5.88 Å². The fraction of sp³-hybridized carbons (Fsp3) is 0.500. The summed E-state index contributed by atoms with van der Waals surface area (Å²) >= 11 is 0. The highest BCUT2D eigenvalue weighted by Gasteiger charge is 2.50. The van der Waals surface area contributed by atoms with Gasteiger partial charge in [-0.05, 0) is 61.2 Å². The van der Waals surface area contributed by atoms with Gasteiger partial charge >= 0.3 is 12.2 Å². The lowest BCUT2D eigenvalue weighted by Gasteiger charge is -2.40. The van der Waals surface area contributed by atoms with Crippen molar-refractivity contribution in [3.8, 4) is 28.9 Å². The quantitative estimate of drug-likeness (QED) is 0.261. The molecule has 9 rings (SSSR count). The van der Waals surface area contributed by atoms with E-state index in [1.807, 2.05) is 0 Å². The number of phenols is 1. The Balaban J connectivity index is 1.24. The molecule has 2 aromatic carbocycles. The van der Waals surface area contributed by atoms with Gasteiger partial charge in [0.25, 0.3) is 0 Å². The number of alkyl halides is 4. The van der Waals surface area contributed by atoms with Gasteiger partial charge in [0.1, 0.15) is 53.4 Å². The Hall–Kier alpha value is -4.11. The first-order chi connectivity index (χ1) is 23.5. The van der Waals surface area contributed by atoms with Gasteiger partial charge in [0.15, 0.2) is 5.82 Å². The normalized spacial score (nSPS) is 27.8. The maximum absolute atomic E-state index is 17.1. The summed E-state index contributed by atoms with van der Waals surface area (Å²) in [7, 11) is 0. The minimum absolute atomic E-state index is 0.0416. The number of hydrogen-bond acceptors (Lipinski definition) is 9. The Kier molecular flexibility index (Phi) is 6.90. The molecule has 2 aromatic heterocycles. The zero-order valence-corrected chi connectivity index (χ0v) is 26.2. The molecule has 4 saturated heterocycles. The average molecular weight is 687 g/mol. The highest BCUT2D eigenvalue weighted by atomic mass is 19.4. The molecule has 4 aromatic rings. The van der Waals surface area contributed by atoms with E-state index in [9.17, 15) is 22.7 Å². The molecular weight excluding hydrogens is 654 g/mol. The standard InChI is InChI=1S/C34H32F6N6O3/c35-17-10-33(6-1-7-45(33)12-17)15-49-32-43-29-26-30(44-32)46-13-18-3-5-23(41-18)24(46)14-48-31(26)42-28(27(29)37)20-9-19(47)8-16-2-4-22(36)21(25(16)20)11-34(38,39)40/h2,4,8-9,17-18,23-24,41,47H,1,3,5-7,10-15H2/t17-,18-,23+,24-,33+/m1/s1. The summed E-state index contributed by atoms with van der Waals surface area (Å²) < 4.78 is 100. The first-order valence-corrected chi connectivity index (χ1v) is 16.6. The largest absolute Gasteiger partial charge is 0.508 e. The number of aromatic hydroxyl groups is 1. The molecule has 5 atom stereocenters. The number of benzene rings is 2. The van der Waals surface area contributed by atoms with Crippen LogP contribution >= 0.6 is 0 Å². The molecule has 0 amide bonds. The Labute approximate surface area is 276 Å². The molecule has 9 nitrogen and oxygen atoms in total. The third-order valence-corrected chi connectivity index (χ3v) is 10.9. The van der Waals surface area contributed by atoms with E-state index in [1.165, 1.54) is 12.1 Å². The molecule has 5 aliphatic rings. The molecule has 0 saturated carbocycles. The predicted octanol–water partition coefficient (Wildman–Crippen LogP) is 5.59. The van der Waals surface area contributed by atoms with E-state index in [2.05, 4.69) is 25.1 Å². The SMILES string of the molecule is Oc1cc(-c2nc3c4c(nc(OC[C@@]56CCCN5C[C@H](F)C6)nc4c2F)N2C[C@H]4CC[C@H](N4)[C@H]2CO3)c2c(CC(F)(F)F)c(F)ccc2c1. The summed E-state index contributed by atoms with van der Waals surface area (Å²) in [5.74, 6) is -2.22. The average Bonchev–Trinajstić information content (AvgIpc) is 3.68. The molecular formula is C34H32F6N6O3. The first kappa shape index (κ1) is 30.9. The van der Waals surface area contributed by atoms with Gasteiger partial charge in [-0.25, -0.2) is 18.2 Å². The minimum Gasteiger partial charge on any atom is -0.508 e. The van der Waals surface area contributed by atoms with Crippen molar-refractivity contribution < 1.29 is 40.9 Å². The molecule has 0 spiro atoms. The third kappa shape index (κ3) is 5.02. The fourth-order valence-electron chi connectivity index (χ4n) is 8.87. The van der Waals surface area contributed by atoms with Gasteiger partial charge in [-0.1, -0.05) is 6.07 Å². The second-order valence-corrected chi connectivity index (χ2v) is 14.0. The Morgan fingerprint density at radius 3 is 2.78 bits per heavy atom. The van der Waals surface area contributed by atoms with Crippen molar-refractivity contribution in [1.82, 2.24) is 25.2 Å². The molecule has 7 heterocycles. The highest BCUT2D eigenvalue weighted by molar-refractivity contribution is 6.03. The fourth-order valence-corrected chi connectivity index (χ4v) is 8.87. The van der Waals surface area contributed by atoms with E-state index in [0.717, 1.165) is 44.4 Å². The Morgan fingerprint density at radius 1 is 1.08 bits per heavy atom. The molecule has 2 bridgehead atoms. The van der Waals surface area contributed by atoms with Crippen LogP contribution in [-0.2, 0) is 6.42 Å². The number of nitrogens with one attached hydrogen (secondary N) is 1. The number of pyridine rings is 1. The molecule has 5 aliphatic heterocycles. The van der Waals surface area contributed by atoms with Crippen LogP contribution in [0.1, 0.15) is 37.7 Å². The summed E-state index contributed by atoms with van der Waals surface area (Å²) in [4.78, 5) is 17.9. The monoisotopic (exact) mass is 686 g/mol. The van der Waals surface area contributed by atoms with E-state index in [0.29, 0.717) is 25.3 Å². The molecule has 2 N–H and O–H groups in total. The molecule has 15 heteroatoms. The Bertz CT molecular complexity index is 2010. The smallest absolute Gasteiger partial charge is 0.393 e. The number of piperazine rings is 1. The summed E-state index contributed by atoms with van der Waals surface area (Å²) in [5, 5.41) is 14.2. The molecule has 258 valence electrons. The van der Waals surface area contributed by atoms with Crippen molar-refractivity contribution in [3.63, 3.8) is 0 Å². The summed E-state index contributed by atoms with van der Waals surface area (Å²) in [6.07, 6.45) is -3.63. The molecule has 0 unspecified atom stereocenters. The maximum atomic E-state index is 17.1. The number of rotatable bonds is 5. The van der Waals surface area contributed by atoms with Crippen LogP contribution in [0.4, 0.5) is 32.2 Å². The van der Waals surface area contributed by atoms with Gasteiger partial charge in [-0.15, -0.1) is 0 Å². The summed E-state index contributed by atoms with van der Waals surface area (Å²) in [6.45, 7) is 1.86. The van der Waals surface area contributed by atoms with Crippen LogP contribution in [0, 0.1) is 11.6 Å². The van der Waals surface area contributed by atoms with Crippen molar-refractivity contribution in [2.45, 2.75) is 74.5 Å². The number of ether oxygens (including phenoxy) is 2. The maximum Gasteiger partial charge on any atom is 0.393 e. The number of halogens is 6. The number of aromatic nitrogens is 3. The molecule has 0 aliphatic carbocycles. The van der Waals surface area contributed by atoms with Crippen LogP contribution in [0.25, 0.3) is 32.9 Å². The second kappa shape index (κ2) is 10.9. The van der Waals surface area contributed by atoms with E-state index < -0.39 is 47.2 Å². The van der Waals surface area contributed by atoms with E-state index in [-0.39, 0.29) is 76.2 Å². The molecule has 0 radical (unpaired) electrons. The zero-order chi connectivity index (χ0) is 33.8. The van der Waals surface area contributed by atoms with Crippen molar-refractivity contribution >= 4 is 27.5 Å². The van der Waals surface area contributed by atoms with Crippen LogP contribution in [0.15, 0.2) is 24.3 Å². The zero-order valence-electron chi connectivity index (χ0n) is 26.2. The lowest BCUT2D eigenvalue weighted by Crippen LogP contribution is -2.60. The van der Waals surface area contributed by atoms with Crippen LogP contribution in [-0.4, -0.2) is 93.8 Å².